The van der Waals surface area contributed by atoms with Crippen molar-refractivity contribution in [1.29, 1.82) is 0 Å². The molecule has 110 valence electrons. The Morgan fingerprint density at radius 1 is 1.17 bits per heavy atom. The van der Waals surface area contributed by atoms with Crippen LogP contribution in [-0.2, 0) is 9.84 Å². The summed E-state index contributed by atoms with van der Waals surface area (Å²) < 4.78 is 23.7. The van der Waals surface area contributed by atoms with E-state index >= 15 is 0 Å². The van der Waals surface area contributed by atoms with E-state index in [1.54, 1.807) is 0 Å². The highest BCUT2D eigenvalue weighted by Crippen LogP contribution is 2.07. The lowest BCUT2D eigenvalue weighted by atomic mass is 10.2. The first-order valence-electron chi connectivity index (χ1n) is 6.82. The second kappa shape index (κ2) is 10.7. The standard InChI is InChI=1S/C10H22N2O2S.C2H7N/c1-2-3-4-5-8-15(13,14)10-9-11-6-7-12-10;1-3-2/h10-12H,2-9H2,1H3;3H,1-2H3. The molecule has 0 aliphatic carbocycles. The van der Waals surface area contributed by atoms with Gasteiger partial charge in [-0.1, -0.05) is 26.2 Å². The van der Waals surface area contributed by atoms with Crippen LogP contribution in [0.4, 0.5) is 0 Å². The van der Waals surface area contributed by atoms with Gasteiger partial charge in [0.1, 0.15) is 5.37 Å². The number of rotatable bonds is 6. The Morgan fingerprint density at radius 3 is 2.33 bits per heavy atom. The van der Waals surface area contributed by atoms with Crippen molar-refractivity contribution in [2.75, 3.05) is 39.5 Å². The van der Waals surface area contributed by atoms with E-state index in [1.807, 2.05) is 14.1 Å². The van der Waals surface area contributed by atoms with Crippen LogP contribution in [0, 0.1) is 0 Å². The van der Waals surface area contributed by atoms with Crippen molar-refractivity contribution < 1.29 is 8.42 Å². The van der Waals surface area contributed by atoms with Gasteiger partial charge in [0.25, 0.3) is 0 Å². The molecule has 0 radical (unpaired) electrons. The number of sulfone groups is 1. The van der Waals surface area contributed by atoms with E-state index in [9.17, 15) is 8.42 Å². The summed E-state index contributed by atoms with van der Waals surface area (Å²) in [6, 6.07) is 0. The number of unbranched alkanes of at least 4 members (excludes halogenated alkanes) is 3. The summed E-state index contributed by atoms with van der Waals surface area (Å²) in [6.45, 7) is 4.29. The summed E-state index contributed by atoms with van der Waals surface area (Å²) >= 11 is 0. The average Bonchev–Trinajstić information content (AvgIpc) is 2.37. The van der Waals surface area contributed by atoms with Gasteiger partial charge in [0.2, 0.25) is 0 Å². The lowest BCUT2D eigenvalue weighted by Crippen LogP contribution is -2.52. The van der Waals surface area contributed by atoms with Gasteiger partial charge in [0.05, 0.1) is 5.75 Å². The maximum absolute atomic E-state index is 11.8. The molecule has 0 amide bonds. The SMILES string of the molecule is CCCCCCS(=O)(=O)C1CNCCN1.CNC. The van der Waals surface area contributed by atoms with Crippen molar-refractivity contribution in [2.45, 2.75) is 38.0 Å². The molecule has 6 heteroatoms. The van der Waals surface area contributed by atoms with E-state index in [0.717, 1.165) is 38.8 Å². The zero-order valence-corrected chi connectivity index (χ0v) is 12.8. The summed E-state index contributed by atoms with van der Waals surface area (Å²) in [5, 5.41) is 8.53. The molecule has 1 unspecified atom stereocenters. The molecule has 1 rings (SSSR count). The third kappa shape index (κ3) is 8.02. The van der Waals surface area contributed by atoms with Crippen LogP contribution in [0.3, 0.4) is 0 Å². The Balaban J connectivity index is 0.000000873. The molecule has 18 heavy (non-hydrogen) atoms. The molecule has 0 aromatic heterocycles. The molecule has 0 bridgehead atoms. The predicted octanol–water partition coefficient (Wildman–Crippen LogP) is 0.336. The van der Waals surface area contributed by atoms with E-state index in [4.69, 9.17) is 0 Å². The first-order valence-corrected chi connectivity index (χ1v) is 8.54. The lowest BCUT2D eigenvalue weighted by molar-refractivity contribution is 0.473. The monoisotopic (exact) mass is 279 g/mol. The van der Waals surface area contributed by atoms with Gasteiger partial charge in [-0.15, -0.1) is 0 Å². The minimum absolute atomic E-state index is 0.326. The second-order valence-electron chi connectivity index (χ2n) is 4.57. The van der Waals surface area contributed by atoms with Crippen LogP contribution in [0.2, 0.25) is 0 Å². The van der Waals surface area contributed by atoms with Crippen LogP contribution in [0.1, 0.15) is 32.6 Å². The molecule has 0 saturated carbocycles. The highest BCUT2D eigenvalue weighted by atomic mass is 32.2. The molecule has 1 saturated heterocycles. The highest BCUT2D eigenvalue weighted by molar-refractivity contribution is 7.92. The first kappa shape index (κ1) is 17.8. The zero-order chi connectivity index (χ0) is 13.9. The third-order valence-corrected chi connectivity index (χ3v) is 4.78. The van der Waals surface area contributed by atoms with Gasteiger partial charge in [-0.2, -0.15) is 0 Å². The van der Waals surface area contributed by atoms with E-state index in [2.05, 4.69) is 22.9 Å². The van der Waals surface area contributed by atoms with Gasteiger partial charge in [-0.05, 0) is 20.5 Å². The quantitative estimate of drug-likeness (QED) is 0.612. The molecular formula is C12H29N3O2S. The zero-order valence-electron chi connectivity index (χ0n) is 12.0. The smallest absolute Gasteiger partial charge is 0.167 e. The molecule has 1 aliphatic heterocycles. The van der Waals surface area contributed by atoms with Crippen LogP contribution < -0.4 is 16.0 Å². The number of piperazine rings is 1. The Kier molecular flexibility index (Phi) is 10.6. The van der Waals surface area contributed by atoms with Crippen molar-refractivity contribution in [2.24, 2.45) is 0 Å². The molecule has 3 N–H and O–H groups in total. The molecule has 1 atom stereocenters. The molecule has 1 fully saturated rings. The number of nitrogens with one attached hydrogen (secondary N) is 3. The van der Waals surface area contributed by atoms with Crippen LogP contribution in [0.5, 0.6) is 0 Å². The molecular weight excluding hydrogens is 250 g/mol. The van der Waals surface area contributed by atoms with Crippen molar-refractivity contribution in [3.63, 3.8) is 0 Å². The third-order valence-electron chi connectivity index (χ3n) is 2.72. The number of hydrogen-bond donors (Lipinski definition) is 3. The Morgan fingerprint density at radius 2 is 1.83 bits per heavy atom. The fraction of sp³-hybridized carbons (Fsp3) is 1.00. The van der Waals surface area contributed by atoms with Gasteiger partial charge in [-0.3, -0.25) is 5.32 Å². The van der Waals surface area contributed by atoms with E-state index < -0.39 is 9.84 Å². The molecule has 0 spiro atoms. The number of hydrogen-bond acceptors (Lipinski definition) is 5. The van der Waals surface area contributed by atoms with E-state index in [1.165, 1.54) is 0 Å². The van der Waals surface area contributed by atoms with E-state index in [-0.39, 0.29) is 5.37 Å². The van der Waals surface area contributed by atoms with Crippen molar-refractivity contribution >= 4 is 9.84 Å². The molecule has 1 heterocycles. The normalized spacial score (nSPS) is 20.1. The molecule has 1 aliphatic rings. The second-order valence-corrected chi connectivity index (χ2v) is 6.88. The van der Waals surface area contributed by atoms with Crippen LogP contribution in [-0.4, -0.2) is 53.3 Å². The van der Waals surface area contributed by atoms with Crippen LogP contribution in [0.25, 0.3) is 0 Å². The maximum atomic E-state index is 11.8. The maximum Gasteiger partial charge on any atom is 0.167 e. The minimum Gasteiger partial charge on any atom is -0.323 e. The van der Waals surface area contributed by atoms with Gasteiger partial charge in [0, 0.05) is 19.6 Å². The van der Waals surface area contributed by atoms with Crippen molar-refractivity contribution in [1.82, 2.24) is 16.0 Å². The van der Waals surface area contributed by atoms with Crippen LogP contribution >= 0.6 is 0 Å². The largest absolute Gasteiger partial charge is 0.323 e. The summed E-state index contributed by atoms with van der Waals surface area (Å²) in [5.41, 5.74) is 0. The van der Waals surface area contributed by atoms with Gasteiger partial charge in [0.15, 0.2) is 9.84 Å². The highest BCUT2D eigenvalue weighted by Gasteiger charge is 2.25. The predicted molar refractivity (Wildman–Crippen MR) is 77.6 cm³/mol. The molecule has 0 aromatic carbocycles. The Hall–Kier alpha value is -0.170. The van der Waals surface area contributed by atoms with Crippen LogP contribution in [0.15, 0.2) is 0 Å². The Labute approximate surface area is 112 Å². The summed E-state index contributed by atoms with van der Waals surface area (Å²) in [4.78, 5) is 0. The summed E-state index contributed by atoms with van der Waals surface area (Å²) in [7, 11) is 0.813. The minimum atomic E-state index is -2.94. The van der Waals surface area contributed by atoms with Crippen molar-refractivity contribution in [3.05, 3.63) is 0 Å². The fourth-order valence-electron chi connectivity index (χ4n) is 1.75. The van der Waals surface area contributed by atoms with Gasteiger partial charge >= 0.3 is 0 Å². The summed E-state index contributed by atoms with van der Waals surface area (Å²) in [5.74, 6) is 0.326. The van der Waals surface area contributed by atoms with E-state index in [0.29, 0.717) is 12.3 Å². The summed E-state index contributed by atoms with van der Waals surface area (Å²) in [6.07, 6.45) is 4.10. The van der Waals surface area contributed by atoms with Gasteiger partial charge < -0.3 is 10.6 Å². The van der Waals surface area contributed by atoms with Crippen molar-refractivity contribution in [3.8, 4) is 0 Å². The first-order chi connectivity index (χ1) is 8.58. The lowest BCUT2D eigenvalue weighted by Gasteiger charge is -2.24. The fourth-order valence-corrected chi connectivity index (χ4v) is 3.39. The Bertz CT molecular complexity index is 275. The topological polar surface area (TPSA) is 70.2 Å². The van der Waals surface area contributed by atoms with Gasteiger partial charge in [-0.25, -0.2) is 8.42 Å². The molecule has 0 aromatic rings. The average molecular weight is 279 g/mol. The molecule has 5 nitrogen and oxygen atoms in total.